The second-order valence-electron chi connectivity index (χ2n) is 6.67. The van der Waals surface area contributed by atoms with Crippen molar-refractivity contribution in [1.82, 2.24) is 16.0 Å². The van der Waals surface area contributed by atoms with E-state index < -0.39 is 0 Å². The summed E-state index contributed by atoms with van der Waals surface area (Å²) >= 11 is 0. The minimum absolute atomic E-state index is 0.288. The number of rotatable bonds is 3. The van der Waals surface area contributed by atoms with Crippen molar-refractivity contribution in [2.24, 2.45) is 0 Å². The van der Waals surface area contributed by atoms with Crippen molar-refractivity contribution >= 4 is 0 Å². The summed E-state index contributed by atoms with van der Waals surface area (Å²) in [5.74, 6) is 0. The quantitative estimate of drug-likeness (QED) is 0.601. The van der Waals surface area contributed by atoms with E-state index in [1.807, 2.05) is 14.1 Å². The summed E-state index contributed by atoms with van der Waals surface area (Å²) in [4.78, 5) is 0. The lowest BCUT2D eigenvalue weighted by atomic mass is 9.74. The number of benzene rings is 2. The van der Waals surface area contributed by atoms with Gasteiger partial charge in [-0.2, -0.15) is 0 Å². The van der Waals surface area contributed by atoms with Crippen LogP contribution in [0.1, 0.15) is 28.3 Å². The molecule has 0 aromatic heterocycles. The summed E-state index contributed by atoms with van der Waals surface area (Å²) in [6.45, 7) is 0. The zero-order chi connectivity index (χ0) is 16.7. The van der Waals surface area contributed by atoms with E-state index in [1.165, 1.54) is 33.4 Å². The summed E-state index contributed by atoms with van der Waals surface area (Å²) in [6, 6.07) is 13.8. The highest BCUT2D eigenvalue weighted by Gasteiger charge is 2.36. The molecular formula is C21H25N3. The van der Waals surface area contributed by atoms with Crippen LogP contribution < -0.4 is 16.0 Å². The molecule has 4 rings (SSSR count). The molecule has 0 heterocycles. The topological polar surface area (TPSA) is 36.1 Å². The van der Waals surface area contributed by atoms with Crippen LogP contribution in [0.15, 0.2) is 48.6 Å². The Morgan fingerprint density at radius 3 is 2.50 bits per heavy atom. The van der Waals surface area contributed by atoms with Crippen LogP contribution in [-0.4, -0.2) is 21.1 Å². The van der Waals surface area contributed by atoms with Gasteiger partial charge in [0, 0.05) is 6.04 Å². The maximum Gasteiger partial charge on any atom is 0.114 e. The molecule has 3 N–H and O–H groups in total. The first-order chi connectivity index (χ1) is 11.7. The van der Waals surface area contributed by atoms with Crippen molar-refractivity contribution in [2.45, 2.75) is 24.5 Å². The van der Waals surface area contributed by atoms with Gasteiger partial charge in [0.25, 0.3) is 0 Å². The van der Waals surface area contributed by atoms with E-state index in [-0.39, 0.29) is 5.66 Å². The van der Waals surface area contributed by atoms with Crippen molar-refractivity contribution < 1.29 is 0 Å². The molecule has 0 amide bonds. The number of allylic oxidation sites excluding steroid dienone is 1. The van der Waals surface area contributed by atoms with Gasteiger partial charge in [0.1, 0.15) is 5.66 Å². The van der Waals surface area contributed by atoms with Crippen LogP contribution in [0.5, 0.6) is 0 Å². The summed E-state index contributed by atoms with van der Waals surface area (Å²) in [7, 11) is 6.12. The van der Waals surface area contributed by atoms with Gasteiger partial charge in [0.15, 0.2) is 0 Å². The Labute approximate surface area is 144 Å². The Kier molecular flexibility index (Phi) is 3.80. The highest BCUT2D eigenvalue weighted by atomic mass is 15.2. The molecule has 0 saturated carbocycles. The first-order valence-corrected chi connectivity index (χ1v) is 8.71. The molecule has 2 aromatic carbocycles. The molecule has 124 valence electrons. The molecule has 0 saturated heterocycles. The highest BCUT2D eigenvalue weighted by Crippen LogP contribution is 2.44. The molecule has 0 fully saturated rings. The average molecular weight is 319 g/mol. The minimum Gasteiger partial charge on any atom is -0.313 e. The van der Waals surface area contributed by atoms with Gasteiger partial charge in [0.05, 0.1) is 0 Å². The maximum atomic E-state index is 3.51. The maximum absolute atomic E-state index is 3.51. The predicted molar refractivity (Wildman–Crippen MR) is 100 cm³/mol. The van der Waals surface area contributed by atoms with E-state index >= 15 is 0 Å². The Balaban J connectivity index is 2.01. The van der Waals surface area contributed by atoms with Gasteiger partial charge < -0.3 is 5.32 Å². The summed E-state index contributed by atoms with van der Waals surface area (Å²) in [5.41, 5.74) is 8.12. The Morgan fingerprint density at radius 1 is 0.958 bits per heavy atom. The van der Waals surface area contributed by atoms with Crippen LogP contribution in [0.3, 0.4) is 0 Å². The third kappa shape index (κ3) is 2.09. The molecule has 2 aromatic rings. The molecule has 2 aliphatic rings. The first kappa shape index (κ1) is 15.6. The molecule has 3 heteroatoms. The zero-order valence-corrected chi connectivity index (χ0v) is 14.6. The Morgan fingerprint density at radius 2 is 1.75 bits per heavy atom. The van der Waals surface area contributed by atoms with Crippen LogP contribution in [0.4, 0.5) is 0 Å². The zero-order valence-electron chi connectivity index (χ0n) is 14.6. The predicted octanol–water partition coefficient (Wildman–Crippen LogP) is 2.87. The van der Waals surface area contributed by atoms with E-state index in [2.05, 4.69) is 71.5 Å². The fourth-order valence-corrected chi connectivity index (χ4v) is 4.43. The van der Waals surface area contributed by atoms with Gasteiger partial charge in [-0.05, 0) is 73.4 Å². The van der Waals surface area contributed by atoms with E-state index in [0.717, 1.165) is 12.8 Å². The largest absolute Gasteiger partial charge is 0.313 e. The van der Waals surface area contributed by atoms with E-state index in [4.69, 9.17) is 0 Å². The fraction of sp³-hybridized carbons (Fsp3) is 0.333. The highest BCUT2D eigenvalue weighted by molar-refractivity contribution is 5.77. The first-order valence-electron chi connectivity index (χ1n) is 8.71. The van der Waals surface area contributed by atoms with Gasteiger partial charge >= 0.3 is 0 Å². The molecule has 0 bridgehead atoms. The van der Waals surface area contributed by atoms with Crippen molar-refractivity contribution in [1.29, 1.82) is 0 Å². The van der Waals surface area contributed by atoms with Crippen molar-refractivity contribution in [2.75, 3.05) is 21.1 Å². The lowest BCUT2D eigenvalue weighted by Gasteiger charge is -2.40. The van der Waals surface area contributed by atoms with Crippen molar-refractivity contribution in [3.8, 4) is 11.1 Å². The molecular weight excluding hydrogens is 294 g/mol. The fourth-order valence-electron chi connectivity index (χ4n) is 4.43. The molecule has 0 radical (unpaired) electrons. The molecule has 24 heavy (non-hydrogen) atoms. The number of likely N-dealkylation sites (N-methyl/N-ethyl adjacent to an activating group) is 3. The van der Waals surface area contributed by atoms with Gasteiger partial charge in [0.2, 0.25) is 0 Å². The van der Waals surface area contributed by atoms with Gasteiger partial charge in [-0.15, -0.1) is 0 Å². The van der Waals surface area contributed by atoms with Crippen LogP contribution in [-0.2, 0) is 18.5 Å². The van der Waals surface area contributed by atoms with Crippen LogP contribution in [0.25, 0.3) is 11.1 Å². The van der Waals surface area contributed by atoms with Gasteiger partial charge in [-0.3, -0.25) is 10.6 Å². The summed E-state index contributed by atoms with van der Waals surface area (Å²) < 4.78 is 0. The second kappa shape index (κ2) is 5.85. The lowest BCUT2D eigenvalue weighted by molar-refractivity contribution is 0.376. The SMILES string of the molecule is CNC1Cc2c(ccc3c2C(NC)(NC)C=CC3)-c2ccccc21. The molecule has 1 atom stereocenters. The number of fused-ring (bicyclic) bond motifs is 5. The second-order valence-corrected chi connectivity index (χ2v) is 6.67. The van der Waals surface area contributed by atoms with Gasteiger partial charge in [-0.1, -0.05) is 42.5 Å². The Hall–Kier alpha value is -1.94. The normalized spacial score (nSPS) is 20.2. The molecule has 0 spiro atoms. The van der Waals surface area contributed by atoms with Crippen LogP contribution in [0, 0.1) is 0 Å². The van der Waals surface area contributed by atoms with E-state index in [1.54, 1.807) is 0 Å². The summed E-state index contributed by atoms with van der Waals surface area (Å²) in [6.07, 6.45) is 6.54. The standard InChI is InChI=1S/C21H25N3/c1-22-19-13-18-16(15-8-4-5-9-17(15)19)11-10-14-7-6-12-21(23-2,24-3)20(14)18/h4-6,8-12,19,22-24H,7,13H2,1-3H3. The average Bonchev–Trinajstić information content (AvgIpc) is 2.66. The number of hydrogen-bond acceptors (Lipinski definition) is 3. The third-order valence-electron chi connectivity index (χ3n) is 5.67. The van der Waals surface area contributed by atoms with E-state index in [0.29, 0.717) is 6.04 Å². The smallest absolute Gasteiger partial charge is 0.114 e. The molecule has 1 unspecified atom stereocenters. The van der Waals surface area contributed by atoms with Crippen LogP contribution in [0.2, 0.25) is 0 Å². The monoisotopic (exact) mass is 319 g/mol. The van der Waals surface area contributed by atoms with Crippen molar-refractivity contribution in [3.05, 3.63) is 70.8 Å². The Bertz CT molecular complexity index is 803. The minimum atomic E-state index is -0.288. The number of nitrogens with one attached hydrogen (secondary N) is 3. The summed E-state index contributed by atoms with van der Waals surface area (Å²) in [5, 5.41) is 10.5. The van der Waals surface area contributed by atoms with E-state index in [9.17, 15) is 0 Å². The van der Waals surface area contributed by atoms with Crippen molar-refractivity contribution in [3.63, 3.8) is 0 Å². The molecule has 0 aliphatic heterocycles. The van der Waals surface area contributed by atoms with Gasteiger partial charge in [-0.25, -0.2) is 0 Å². The molecule has 2 aliphatic carbocycles. The van der Waals surface area contributed by atoms with Crippen LogP contribution >= 0.6 is 0 Å². The lowest BCUT2D eigenvalue weighted by Crippen LogP contribution is -2.51. The molecule has 3 nitrogen and oxygen atoms in total. The number of hydrogen-bond donors (Lipinski definition) is 3. The third-order valence-corrected chi connectivity index (χ3v) is 5.67.